The fourth-order valence-electron chi connectivity index (χ4n) is 2.36. The normalized spacial score (nSPS) is 30.6. The van der Waals surface area contributed by atoms with Crippen LogP contribution in [0, 0.1) is 17.8 Å². The average Bonchev–Trinajstić information content (AvgIpc) is 2.28. The van der Waals surface area contributed by atoms with Gasteiger partial charge in [-0.05, 0) is 32.1 Å². The van der Waals surface area contributed by atoms with E-state index in [-0.39, 0.29) is 18.6 Å². The van der Waals surface area contributed by atoms with Gasteiger partial charge in [0.1, 0.15) is 0 Å². The van der Waals surface area contributed by atoms with Crippen LogP contribution in [0.25, 0.3) is 0 Å². The van der Waals surface area contributed by atoms with Gasteiger partial charge in [0.15, 0.2) is 0 Å². The van der Waals surface area contributed by atoms with E-state index < -0.39 is 17.8 Å². The molecule has 1 amide bonds. The molecule has 0 aromatic heterocycles. The lowest BCUT2D eigenvalue weighted by atomic mass is 9.74. The standard InChI is InChI=1S/C12H21NO4/c1-7-3-4-9(10(5-7)12(16)17)11(15)13-8(2)6-14/h7-10,14H,3-6H2,1-2H3,(H,13,15)(H,16,17)/t7?,8-,9?,10?/m0/s1. The predicted octanol–water partition coefficient (Wildman–Crippen LogP) is 0.620. The second-order valence-electron chi connectivity index (χ2n) is 5.06. The average molecular weight is 243 g/mol. The van der Waals surface area contributed by atoms with E-state index in [1.165, 1.54) is 0 Å². The first-order valence-corrected chi connectivity index (χ1v) is 6.09. The number of carboxylic acids is 1. The van der Waals surface area contributed by atoms with Crippen molar-refractivity contribution in [2.24, 2.45) is 17.8 Å². The maximum absolute atomic E-state index is 11.9. The number of nitrogens with one attached hydrogen (secondary N) is 1. The van der Waals surface area contributed by atoms with Crippen LogP contribution in [0.2, 0.25) is 0 Å². The molecule has 1 rings (SSSR count). The Kier molecular flexibility index (Phi) is 4.93. The SMILES string of the molecule is CC1CCC(C(=O)N[C@@H](C)CO)C(C(=O)O)C1. The van der Waals surface area contributed by atoms with Crippen molar-refractivity contribution in [3.63, 3.8) is 0 Å². The molecule has 1 aliphatic rings. The van der Waals surface area contributed by atoms with Gasteiger partial charge in [0.2, 0.25) is 5.91 Å². The second-order valence-corrected chi connectivity index (χ2v) is 5.06. The van der Waals surface area contributed by atoms with Gasteiger partial charge in [0, 0.05) is 6.04 Å². The molecular weight excluding hydrogens is 222 g/mol. The van der Waals surface area contributed by atoms with Crippen molar-refractivity contribution in [1.82, 2.24) is 5.32 Å². The molecule has 98 valence electrons. The molecular formula is C12H21NO4. The van der Waals surface area contributed by atoms with Crippen molar-refractivity contribution >= 4 is 11.9 Å². The topological polar surface area (TPSA) is 86.6 Å². The summed E-state index contributed by atoms with van der Waals surface area (Å²) in [5.74, 6) is -1.84. The van der Waals surface area contributed by atoms with Crippen LogP contribution < -0.4 is 5.32 Å². The van der Waals surface area contributed by atoms with Crippen LogP contribution in [-0.2, 0) is 9.59 Å². The fraction of sp³-hybridized carbons (Fsp3) is 0.833. The number of hydrogen-bond donors (Lipinski definition) is 3. The molecule has 0 aromatic carbocycles. The molecule has 0 aromatic rings. The number of hydrogen-bond acceptors (Lipinski definition) is 3. The first-order valence-electron chi connectivity index (χ1n) is 6.09. The maximum Gasteiger partial charge on any atom is 0.307 e. The molecule has 3 N–H and O–H groups in total. The highest BCUT2D eigenvalue weighted by molar-refractivity contribution is 5.85. The highest BCUT2D eigenvalue weighted by atomic mass is 16.4. The minimum atomic E-state index is -0.895. The quantitative estimate of drug-likeness (QED) is 0.675. The number of amides is 1. The fourth-order valence-corrected chi connectivity index (χ4v) is 2.36. The Morgan fingerprint density at radius 1 is 1.35 bits per heavy atom. The van der Waals surface area contributed by atoms with Gasteiger partial charge in [-0.3, -0.25) is 9.59 Å². The Morgan fingerprint density at radius 3 is 2.53 bits per heavy atom. The monoisotopic (exact) mass is 243 g/mol. The number of carboxylic acid groups (broad SMARTS) is 1. The van der Waals surface area contributed by atoms with Crippen molar-refractivity contribution in [1.29, 1.82) is 0 Å². The molecule has 1 fully saturated rings. The molecule has 1 saturated carbocycles. The molecule has 0 radical (unpaired) electrons. The molecule has 4 atom stereocenters. The van der Waals surface area contributed by atoms with Crippen LogP contribution >= 0.6 is 0 Å². The summed E-state index contributed by atoms with van der Waals surface area (Å²) in [6, 6.07) is -0.323. The number of rotatable bonds is 4. The Morgan fingerprint density at radius 2 is 2.00 bits per heavy atom. The lowest BCUT2D eigenvalue weighted by Crippen LogP contribution is -2.45. The molecule has 0 saturated heterocycles. The Hall–Kier alpha value is -1.10. The Bertz CT molecular complexity index is 292. The molecule has 3 unspecified atom stereocenters. The number of carbonyl (C=O) groups is 2. The van der Waals surface area contributed by atoms with E-state index in [1.807, 2.05) is 6.92 Å². The van der Waals surface area contributed by atoms with Crippen LogP contribution in [-0.4, -0.2) is 34.7 Å². The number of aliphatic hydroxyl groups excluding tert-OH is 1. The van der Waals surface area contributed by atoms with Gasteiger partial charge in [-0.15, -0.1) is 0 Å². The van der Waals surface area contributed by atoms with E-state index in [0.29, 0.717) is 18.8 Å². The van der Waals surface area contributed by atoms with Gasteiger partial charge >= 0.3 is 5.97 Å². The van der Waals surface area contributed by atoms with Gasteiger partial charge in [0.25, 0.3) is 0 Å². The van der Waals surface area contributed by atoms with Crippen molar-refractivity contribution in [3.8, 4) is 0 Å². The number of carbonyl (C=O) groups excluding carboxylic acids is 1. The first-order chi connectivity index (χ1) is 7.95. The summed E-state index contributed by atoms with van der Waals surface area (Å²) in [6.45, 7) is 3.58. The zero-order chi connectivity index (χ0) is 13.0. The predicted molar refractivity (Wildman–Crippen MR) is 62.3 cm³/mol. The van der Waals surface area contributed by atoms with E-state index in [2.05, 4.69) is 5.32 Å². The zero-order valence-corrected chi connectivity index (χ0v) is 10.3. The highest BCUT2D eigenvalue weighted by Gasteiger charge is 2.38. The zero-order valence-electron chi connectivity index (χ0n) is 10.3. The molecule has 0 heterocycles. The van der Waals surface area contributed by atoms with E-state index in [9.17, 15) is 9.59 Å². The van der Waals surface area contributed by atoms with Crippen molar-refractivity contribution in [2.75, 3.05) is 6.61 Å². The third-order valence-electron chi connectivity index (χ3n) is 3.43. The minimum absolute atomic E-state index is 0.132. The van der Waals surface area contributed by atoms with Crippen LogP contribution in [0.15, 0.2) is 0 Å². The van der Waals surface area contributed by atoms with Crippen LogP contribution in [0.1, 0.15) is 33.1 Å². The lowest BCUT2D eigenvalue weighted by Gasteiger charge is -2.31. The summed E-state index contributed by atoms with van der Waals surface area (Å²) in [4.78, 5) is 23.0. The summed E-state index contributed by atoms with van der Waals surface area (Å²) in [6.07, 6.45) is 2.05. The van der Waals surface area contributed by atoms with E-state index in [4.69, 9.17) is 10.2 Å². The summed E-state index contributed by atoms with van der Waals surface area (Å²) < 4.78 is 0. The first kappa shape index (κ1) is 14.0. The molecule has 17 heavy (non-hydrogen) atoms. The minimum Gasteiger partial charge on any atom is -0.481 e. The van der Waals surface area contributed by atoms with Gasteiger partial charge in [-0.2, -0.15) is 0 Å². The van der Waals surface area contributed by atoms with Crippen LogP contribution in [0.4, 0.5) is 0 Å². The molecule has 0 spiro atoms. The van der Waals surface area contributed by atoms with Gasteiger partial charge in [-0.1, -0.05) is 6.92 Å². The van der Waals surface area contributed by atoms with E-state index >= 15 is 0 Å². The summed E-state index contributed by atoms with van der Waals surface area (Å²) >= 11 is 0. The molecule has 5 nitrogen and oxygen atoms in total. The van der Waals surface area contributed by atoms with E-state index in [0.717, 1.165) is 6.42 Å². The van der Waals surface area contributed by atoms with Crippen molar-refractivity contribution < 1.29 is 19.8 Å². The molecule has 1 aliphatic carbocycles. The van der Waals surface area contributed by atoms with E-state index in [1.54, 1.807) is 6.92 Å². The van der Waals surface area contributed by atoms with Gasteiger partial charge in [-0.25, -0.2) is 0 Å². The van der Waals surface area contributed by atoms with Gasteiger partial charge < -0.3 is 15.5 Å². The van der Waals surface area contributed by atoms with Crippen molar-refractivity contribution in [2.45, 2.75) is 39.2 Å². The summed E-state index contributed by atoms with van der Waals surface area (Å²) in [5.41, 5.74) is 0. The Labute approximate surface area is 101 Å². The maximum atomic E-state index is 11.9. The van der Waals surface area contributed by atoms with Crippen molar-refractivity contribution in [3.05, 3.63) is 0 Å². The summed E-state index contributed by atoms with van der Waals surface area (Å²) in [7, 11) is 0. The third-order valence-corrected chi connectivity index (χ3v) is 3.43. The summed E-state index contributed by atoms with van der Waals surface area (Å²) in [5, 5.41) is 20.7. The molecule has 5 heteroatoms. The lowest BCUT2D eigenvalue weighted by molar-refractivity contribution is -0.150. The largest absolute Gasteiger partial charge is 0.481 e. The smallest absolute Gasteiger partial charge is 0.307 e. The van der Waals surface area contributed by atoms with Crippen LogP contribution in [0.5, 0.6) is 0 Å². The molecule has 0 bridgehead atoms. The molecule has 0 aliphatic heterocycles. The van der Waals surface area contributed by atoms with Crippen LogP contribution in [0.3, 0.4) is 0 Å². The highest BCUT2D eigenvalue weighted by Crippen LogP contribution is 2.34. The third kappa shape index (κ3) is 3.70. The van der Waals surface area contributed by atoms with Gasteiger partial charge in [0.05, 0.1) is 18.4 Å². The number of aliphatic hydroxyl groups is 1. The Balaban J connectivity index is 2.66. The number of aliphatic carboxylic acids is 1. The second kappa shape index (κ2) is 6.00.